The fraction of sp³-hybridized carbons (Fsp3) is 0. The highest BCUT2D eigenvalue weighted by Gasteiger charge is 2.08. The molecule has 0 saturated heterocycles. The van der Waals surface area contributed by atoms with Gasteiger partial charge in [0.25, 0.3) is 0 Å². The van der Waals surface area contributed by atoms with Crippen molar-refractivity contribution in [2.75, 3.05) is 0 Å². The minimum atomic E-state index is 0.285. The van der Waals surface area contributed by atoms with Gasteiger partial charge in [-0.3, -0.25) is 4.79 Å². The second-order valence-corrected chi connectivity index (χ2v) is 3.69. The Bertz CT molecular complexity index is 508. The summed E-state index contributed by atoms with van der Waals surface area (Å²) in [6.45, 7) is 0. The summed E-state index contributed by atoms with van der Waals surface area (Å²) < 4.78 is 1.46. The number of hydrogen-bond donors (Lipinski definition) is 0. The highest BCUT2D eigenvalue weighted by molar-refractivity contribution is 6.32. The predicted octanol–water partition coefficient (Wildman–Crippen LogP) is 2.99. The SMILES string of the molecule is O=Cc1cnn(-c2cccc(Cl)c2)c1Cl. The summed E-state index contributed by atoms with van der Waals surface area (Å²) in [4.78, 5) is 10.6. The first-order valence-electron chi connectivity index (χ1n) is 4.17. The number of benzene rings is 1. The topological polar surface area (TPSA) is 34.9 Å². The molecular formula is C10H6Cl2N2O. The van der Waals surface area contributed by atoms with Crippen molar-refractivity contribution in [1.29, 1.82) is 0 Å². The van der Waals surface area contributed by atoms with Crippen LogP contribution in [0, 0.1) is 0 Å². The van der Waals surface area contributed by atoms with E-state index in [-0.39, 0.29) is 5.15 Å². The Hall–Kier alpha value is -1.32. The van der Waals surface area contributed by atoms with E-state index >= 15 is 0 Å². The fourth-order valence-corrected chi connectivity index (χ4v) is 1.63. The first-order chi connectivity index (χ1) is 7.22. The summed E-state index contributed by atoms with van der Waals surface area (Å²) >= 11 is 11.8. The van der Waals surface area contributed by atoms with E-state index in [0.717, 1.165) is 5.69 Å². The van der Waals surface area contributed by atoms with E-state index in [1.807, 2.05) is 0 Å². The molecule has 1 aromatic carbocycles. The van der Waals surface area contributed by atoms with Crippen LogP contribution in [0.15, 0.2) is 30.5 Å². The van der Waals surface area contributed by atoms with Crippen LogP contribution in [-0.2, 0) is 0 Å². The molecule has 0 aliphatic heterocycles. The van der Waals surface area contributed by atoms with Gasteiger partial charge in [0, 0.05) is 5.02 Å². The van der Waals surface area contributed by atoms with Gasteiger partial charge >= 0.3 is 0 Å². The zero-order valence-corrected chi connectivity index (χ0v) is 9.03. The van der Waals surface area contributed by atoms with Crippen molar-refractivity contribution < 1.29 is 4.79 Å². The Morgan fingerprint density at radius 3 is 2.73 bits per heavy atom. The molecule has 0 aliphatic rings. The Labute approximate surface area is 96.2 Å². The van der Waals surface area contributed by atoms with E-state index in [9.17, 15) is 4.79 Å². The van der Waals surface area contributed by atoms with Gasteiger partial charge in [-0.2, -0.15) is 5.10 Å². The fourth-order valence-electron chi connectivity index (χ4n) is 1.21. The molecule has 1 aromatic heterocycles. The molecule has 0 spiro atoms. The van der Waals surface area contributed by atoms with E-state index < -0.39 is 0 Å². The van der Waals surface area contributed by atoms with Crippen LogP contribution >= 0.6 is 23.2 Å². The average Bonchev–Trinajstić information content (AvgIpc) is 2.59. The van der Waals surface area contributed by atoms with Gasteiger partial charge < -0.3 is 0 Å². The third-order valence-corrected chi connectivity index (χ3v) is 2.53. The van der Waals surface area contributed by atoms with Gasteiger partial charge in [0.05, 0.1) is 17.4 Å². The molecule has 0 amide bonds. The molecule has 0 aliphatic carbocycles. The molecule has 1 heterocycles. The van der Waals surface area contributed by atoms with Crippen molar-refractivity contribution >= 4 is 29.5 Å². The van der Waals surface area contributed by atoms with E-state index in [0.29, 0.717) is 16.9 Å². The van der Waals surface area contributed by atoms with Crippen LogP contribution in [0.5, 0.6) is 0 Å². The van der Waals surface area contributed by atoms with Crippen LogP contribution in [0.25, 0.3) is 5.69 Å². The van der Waals surface area contributed by atoms with Crippen molar-refractivity contribution in [3.63, 3.8) is 0 Å². The number of aldehydes is 1. The van der Waals surface area contributed by atoms with Crippen molar-refractivity contribution in [3.8, 4) is 5.69 Å². The highest BCUT2D eigenvalue weighted by atomic mass is 35.5. The van der Waals surface area contributed by atoms with E-state index in [4.69, 9.17) is 23.2 Å². The largest absolute Gasteiger partial charge is 0.298 e. The van der Waals surface area contributed by atoms with Crippen LogP contribution in [0.1, 0.15) is 10.4 Å². The van der Waals surface area contributed by atoms with Gasteiger partial charge in [-0.1, -0.05) is 29.3 Å². The van der Waals surface area contributed by atoms with Gasteiger partial charge in [-0.15, -0.1) is 0 Å². The van der Waals surface area contributed by atoms with Crippen LogP contribution in [0.3, 0.4) is 0 Å². The maximum Gasteiger partial charge on any atom is 0.154 e. The Morgan fingerprint density at radius 1 is 1.33 bits per heavy atom. The maximum absolute atomic E-state index is 10.6. The Kier molecular flexibility index (Phi) is 2.75. The lowest BCUT2D eigenvalue weighted by Gasteiger charge is -2.02. The smallest absolute Gasteiger partial charge is 0.154 e. The molecule has 3 nitrogen and oxygen atoms in total. The zero-order chi connectivity index (χ0) is 10.8. The van der Waals surface area contributed by atoms with Crippen molar-refractivity contribution in [2.45, 2.75) is 0 Å². The first kappa shape index (κ1) is 10.2. The number of carbonyl (C=O) groups excluding carboxylic acids is 1. The minimum absolute atomic E-state index is 0.285. The summed E-state index contributed by atoms with van der Waals surface area (Å²) in [6.07, 6.45) is 2.08. The minimum Gasteiger partial charge on any atom is -0.298 e. The molecule has 0 atom stereocenters. The van der Waals surface area contributed by atoms with E-state index in [2.05, 4.69) is 5.10 Å². The molecule has 15 heavy (non-hydrogen) atoms. The summed E-state index contributed by atoms with van der Waals surface area (Å²) in [5, 5.41) is 4.87. The van der Waals surface area contributed by atoms with E-state index in [1.54, 1.807) is 24.3 Å². The summed E-state index contributed by atoms with van der Waals surface area (Å²) in [5.74, 6) is 0. The van der Waals surface area contributed by atoms with Crippen LogP contribution < -0.4 is 0 Å². The number of rotatable bonds is 2. The molecule has 0 N–H and O–H groups in total. The first-order valence-corrected chi connectivity index (χ1v) is 4.92. The Balaban J connectivity index is 2.54. The van der Waals surface area contributed by atoms with Crippen molar-refractivity contribution in [1.82, 2.24) is 9.78 Å². The highest BCUT2D eigenvalue weighted by Crippen LogP contribution is 2.20. The number of aromatic nitrogens is 2. The molecule has 76 valence electrons. The lowest BCUT2D eigenvalue weighted by Crippen LogP contribution is -1.95. The maximum atomic E-state index is 10.6. The molecule has 0 saturated carbocycles. The van der Waals surface area contributed by atoms with Gasteiger partial charge in [-0.05, 0) is 18.2 Å². The molecular weight excluding hydrogens is 235 g/mol. The molecule has 0 radical (unpaired) electrons. The Morgan fingerprint density at radius 2 is 2.13 bits per heavy atom. The van der Waals surface area contributed by atoms with Crippen molar-refractivity contribution in [2.24, 2.45) is 0 Å². The average molecular weight is 241 g/mol. The second-order valence-electron chi connectivity index (χ2n) is 2.90. The number of carbonyl (C=O) groups is 1. The third kappa shape index (κ3) is 1.89. The number of hydrogen-bond acceptors (Lipinski definition) is 2. The summed E-state index contributed by atoms with van der Waals surface area (Å²) in [7, 11) is 0. The monoisotopic (exact) mass is 240 g/mol. The van der Waals surface area contributed by atoms with Crippen LogP contribution in [0.4, 0.5) is 0 Å². The van der Waals surface area contributed by atoms with Gasteiger partial charge in [0.15, 0.2) is 6.29 Å². The standard InChI is InChI=1S/C10H6Cl2N2O/c11-8-2-1-3-9(4-8)14-10(12)7(6-15)5-13-14/h1-6H. The van der Waals surface area contributed by atoms with Crippen molar-refractivity contribution in [3.05, 3.63) is 46.2 Å². The number of halogens is 2. The van der Waals surface area contributed by atoms with E-state index in [1.165, 1.54) is 10.9 Å². The lowest BCUT2D eigenvalue weighted by molar-refractivity contribution is 0.112. The number of nitrogens with zero attached hydrogens (tertiary/aromatic N) is 2. The predicted molar refractivity (Wildman–Crippen MR) is 59.0 cm³/mol. The third-order valence-electron chi connectivity index (χ3n) is 1.92. The molecule has 2 aromatic rings. The summed E-state index contributed by atoms with van der Waals surface area (Å²) in [5.41, 5.74) is 1.08. The normalized spacial score (nSPS) is 10.3. The molecule has 0 unspecified atom stereocenters. The lowest BCUT2D eigenvalue weighted by atomic mass is 10.3. The second kappa shape index (κ2) is 4.04. The van der Waals surface area contributed by atoms with Gasteiger partial charge in [0.1, 0.15) is 5.15 Å². The quantitative estimate of drug-likeness (QED) is 0.757. The van der Waals surface area contributed by atoms with Crippen LogP contribution in [0.2, 0.25) is 10.2 Å². The van der Waals surface area contributed by atoms with Gasteiger partial charge in [-0.25, -0.2) is 4.68 Å². The van der Waals surface area contributed by atoms with Gasteiger partial charge in [0.2, 0.25) is 0 Å². The zero-order valence-electron chi connectivity index (χ0n) is 7.52. The molecule has 5 heteroatoms. The molecule has 2 rings (SSSR count). The van der Waals surface area contributed by atoms with Crippen LogP contribution in [-0.4, -0.2) is 16.1 Å². The molecule has 0 bridgehead atoms. The summed E-state index contributed by atoms with van der Waals surface area (Å²) in [6, 6.07) is 7.06. The molecule has 0 fully saturated rings.